The van der Waals surface area contributed by atoms with E-state index < -0.39 is 24.0 Å². The van der Waals surface area contributed by atoms with E-state index in [0.717, 1.165) is 0 Å². The van der Waals surface area contributed by atoms with Crippen LogP contribution in [0.4, 0.5) is 10.1 Å². The van der Waals surface area contributed by atoms with Crippen LogP contribution in [0.5, 0.6) is 0 Å². The Bertz CT molecular complexity index is 1240. The van der Waals surface area contributed by atoms with Gasteiger partial charge in [0.1, 0.15) is 11.9 Å². The molecule has 2 aromatic rings. The highest BCUT2D eigenvalue weighted by Crippen LogP contribution is 2.36. The molecule has 2 atom stereocenters. The van der Waals surface area contributed by atoms with Crippen LogP contribution < -0.4 is 16.0 Å². The zero-order chi connectivity index (χ0) is 25.7. The van der Waals surface area contributed by atoms with Gasteiger partial charge in [0.05, 0.1) is 5.56 Å². The Hall–Kier alpha value is -4.10. The lowest BCUT2D eigenvalue weighted by molar-refractivity contribution is -0.134. The predicted molar refractivity (Wildman–Crippen MR) is 130 cm³/mol. The van der Waals surface area contributed by atoms with Gasteiger partial charge in [0.2, 0.25) is 5.91 Å². The first kappa shape index (κ1) is 25.5. The second-order valence-electron chi connectivity index (χ2n) is 8.09. The maximum Gasteiger partial charge on any atom is 0.298 e. The molecule has 0 spiro atoms. The van der Waals surface area contributed by atoms with Crippen LogP contribution in [-0.4, -0.2) is 65.1 Å². The van der Waals surface area contributed by atoms with E-state index in [1.807, 2.05) is 0 Å². The van der Waals surface area contributed by atoms with Gasteiger partial charge in [-0.15, -0.1) is 0 Å². The van der Waals surface area contributed by atoms with Crippen molar-refractivity contribution < 1.29 is 23.9 Å². The number of carbonyl (C=O) groups is 3. The Balaban J connectivity index is 1.58. The number of aromatic nitrogens is 1. The van der Waals surface area contributed by atoms with Gasteiger partial charge < -0.3 is 30.9 Å². The zero-order valence-electron chi connectivity index (χ0n) is 20.0. The summed E-state index contributed by atoms with van der Waals surface area (Å²) in [6.07, 6.45) is 2.23. The number of nitrogens with one attached hydrogen (secondary N) is 4. The molecule has 5 N–H and O–H groups in total. The van der Waals surface area contributed by atoms with Crippen LogP contribution in [0, 0.1) is 24.6 Å². The molecule has 0 fully saturated rings. The maximum atomic E-state index is 13.7. The third-order valence-electron chi connectivity index (χ3n) is 5.83. The second-order valence-corrected chi connectivity index (χ2v) is 8.09. The lowest BCUT2D eigenvalue weighted by Crippen LogP contribution is -2.47. The zero-order valence-corrected chi connectivity index (χ0v) is 20.0. The predicted octanol–water partition coefficient (Wildman–Crippen LogP) is 1.46. The summed E-state index contributed by atoms with van der Waals surface area (Å²) >= 11 is 0. The van der Waals surface area contributed by atoms with Crippen molar-refractivity contribution in [3.8, 4) is 11.8 Å². The molecule has 0 bridgehead atoms. The molecule has 3 rings (SSSR count). The third-order valence-corrected chi connectivity index (χ3v) is 5.83. The quantitative estimate of drug-likeness (QED) is 0.302. The van der Waals surface area contributed by atoms with Crippen LogP contribution in [0.3, 0.4) is 0 Å². The standard InChI is InChI=1S/C25H28FN5O4/c1-5-6-22(32)31(4)15(3)23(33)27-9-10-28-24(34)19-13-29-21(14(19)2)12-18-17-11-16(26)7-8-20(17)30-25(18)35/h7-8,11-13,15,25,29-30,35H,9-10H2,1-4H3,(H,27,33)(H,28,34)/b18-12-/t15-,25?/m0/s1. The fourth-order valence-electron chi connectivity index (χ4n) is 3.61. The Morgan fingerprint density at radius 2 is 2.00 bits per heavy atom. The van der Waals surface area contributed by atoms with Gasteiger partial charge in [-0.3, -0.25) is 14.4 Å². The number of aromatic amines is 1. The van der Waals surface area contributed by atoms with E-state index in [1.54, 1.807) is 39.1 Å². The number of fused-ring (bicyclic) bond motifs is 1. The van der Waals surface area contributed by atoms with Crippen molar-refractivity contribution in [2.24, 2.45) is 0 Å². The van der Waals surface area contributed by atoms with Crippen molar-refractivity contribution in [2.45, 2.75) is 33.0 Å². The summed E-state index contributed by atoms with van der Waals surface area (Å²) < 4.78 is 13.7. The molecule has 1 aliphatic heterocycles. The summed E-state index contributed by atoms with van der Waals surface area (Å²) in [5.41, 5.74) is 3.32. The van der Waals surface area contributed by atoms with Gasteiger partial charge in [-0.1, -0.05) is 5.92 Å². The molecule has 0 saturated heterocycles. The molecule has 1 aliphatic rings. The molecule has 1 aromatic carbocycles. The van der Waals surface area contributed by atoms with Crippen LogP contribution in [0.25, 0.3) is 11.6 Å². The molecule has 1 unspecified atom stereocenters. The van der Waals surface area contributed by atoms with Crippen molar-refractivity contribution in [1.82, 2.24) is 20.5 Å². The Kier molecular flexibility index (Phi) is 7.94. The normalized spacial score (nSPS) is 15.9. The largest absolute Gasteiger partial charge is 0.369 e. The highest BCUT2D eigenvalue weighted by atomic mass is 19.1. The monoisotopic (exact) mass is 481 g/mol. The average molecular weight is 482 g/mol. The van der Waals surface area contributed by atoms with Gasteiger partial charge in [0.25, 0.3) is 11.8 Å². The van der Waals surface area contributed by atoms with Crippen molar-refractivity contribution in [2.75, 3.05) is 25.5 Å². The molecule has 9 nitrogen and oxygen atoms in total. The number of nitrogens with zero attached hydrogens (tertiary/aromatic N) is 1. The first-order chi connectivity index (χ1) is 16.6. The number of rotatable bonds is 7. The Morgan fingerprint density at radius 3 is 2.71 bits per heavy atom. The van der Waals surface area contributed by atoms with Crippen molar-refractivity contribution in [3.05, 3.63) is 52.6 Å². The highest BCUT2D eigenvalue weighted by molar-refractivity contribution is 5.99. The third kappa shape index (κ3) is 5.70. The number of hydrogen-bond acceptors (Lipinski definition) is 5. The van der Waals surface area contributed by atoms with Gasteiger partial charge in [0, 0.05) is 48.9 Å². The minimum absolute atomic E-state index is 0.178. The van der Waals surface area contributed by atoms with E-state index >= 15 is 0 Å². The number of hydrogen-bond donors (Lipinski definition) is 5. The smallest absolute Gasteiger partial charge is 0.298 e. The molecule has 184 valence electrons. The Morgan fingerprint density at radius 1 is 1.29 bits per heavy atom. The number of halogens is 1. The van der Waals surface area contributed by atoms with Crippen LogP contribution in [0.2, 0.25) is 0 Å². The van der Waals surface area contributed by atoms with Crippen molar-refractivity contribution >= 4 is 35.1 Å². The molecular weight excluding hydrogens is 453 g/mol. The average Bonchev–Trinajstić information content (AvgIpc) is 3.34. The molecule has 2 heterocycles. The lowest BCUT2D eigenvalue weighted by Gasteiger charge is -2.21. The van der Waals surface area contributed by atoms with Crippen LogP contribution in [0.1, 0.15) is 41.0 Å². The van der Waals surface area contributed by atoms with Crippen molar-refractivity contribution in [3.63, 3.8) is 0 Å². The summed E-state index contributed by atoms with van der Waals surface area (Å²) in [6, 6.07) is 3.51. The van der Waals surface area contributed by atoms with Crippen LogP contribution >= 0.6 is 0 Å². The summed E-state index contributed by atoms with van der Waals surface area (Å²) in [5, 5.41) is 18.6. The summed E-state index contributed by atoms with van der Waals surface area (Å²) in [7, 11) is 1.50. The fourth-order valence-corrected chi connectivity index (χ4v) is 3.61. The van der Waals surface area contributed by atoms with Crippen LogP contribution in [0.15, 0.2) is 24.4 Å². The fraction of sp³-hybridized carbons (Fsp3) is 0.320. The van der Waals surface area contributed by atoms with E-state index in [9.17, 15) is 23.9 Å². The molecule has 0 aliphatic carbocycles. The lowest BCUT2D eigenvalue weighted by atomic mass is 10.0. The first-order valence-corrected chi connectivity index (χ1v) is 11.0. The molecule has 3 amide bonds. The SMILES string of the molecule is CC#CC(=O)N(C)[C@@H](C)C(=O)NCCNC(=O)c1c[nH]c(/C=C2/c3cc(F)ccc3NC2O)c1C. The highest BCUT2D eigenvalue weighted by Gasteiger charge is 2.26. The number of benzene rings is 1. The van der Waals surface area contributed by atoms with Gasteiger partial charge in [0.15, 0.2) is 6.23 Å². The molecular formula is C25H28FN5O4. The number of aliphatic hydroxyl groups is 1. The van der Waals surface area contributed by atoms with Gasteiger partial charge >= 0.3 is 0 Å². The number of aliphatic hydroxyl groups excluding tert-OH is 1. The van der Waals surface area contributed by atoms with Gasteiger partial charge in [-0.05, 0) is 56.5 Å². The Labute approximate surface area is 202 Å². The van der Waals surface area contributed by atoms with E-state index in [-0.39, 0.29) is 24.9 Å². The first-order valence-electron chi connectivity index (χ1n) is 11.0. The van der Waals surface area contributed by atoms with Crippen LogP contribution in [-0.2, 0) is 9.59 Å². The minimum Gasteiger partial charge on any atom is -0.369 e. The molecule has 1 aromatic heterocycles. The second kappa shape index (κ2) is 10.9. The molecule has 10 heteroatoms. The number of anilines is 1. The number of carbonyl (C=O) groups excluding carboxylic acids is 3. The number of amides is 3. The number of likely N-dealkylation sites (N-methyl/N-ethyl adjacent to an activating group) is 1. The van der Waals surface area contributed by atoms with Crippen molar-refractivity contribution in [1.29, 1.82) is 0 Å². The number of H-pyrrole nitrogens is 1. The summed E-state index contributed by atoms with van der Waals surface area (Å²) in [6.45, 7) is 5.25. The summed E-state index contributed by atoms with van der Waals surface area (Å²) in [4.78, 5) is 40.9. The minimum atomic E-state index is -0.999. The summed E-state index contributed by atoms with van der Waals surface area (Å²) in [5.74, 6) is 3.31. The topological polar surface area (TPSA) is 127 Å². The molecule has 0 radical (unpaired) electrons. The molecule has 0 saturated carbocycles. The van der Waals surface area contributed by atoms with E-state index in [0.29, 0.717) is 33.6 Å². The maximum absolute atomic E-state index is 13.7. The molecule has 35 heavy (non-hydrogen) atoms. The van der Waals surface area contributed by atoms with E-state index in [2.05, 4.69) is 32.8 Å². The van der Waals surface area contributed by atoms with Gasteiger partial charge in [-0.2, -0.15) is 0 Å². The van der Waals surface area contributed by atoms with E-state index in [1.165, 1.54) is 24.1 Å². The van der Waals surface area contributed by atoms with E-state index in [4.69, 9.17) is 0 Å². The van der Waals surface area contributed by atoms with Gasteiger partial charge in [-0.25, -0.2) is 4.39 Å².